The van der Waals surface area contributed by atoms with Crippen molar-refractivity contribution < 1.29 is 80.8 Å². The number of carbonyl (C=O) groups excluding carboxylic acids is 4. The summed E-state index contributed by atoms with van der Waals surface area (Å²) >= 11 is 0. The largest absolute Gasteiger partial charge is 0.457 e. The molecule has 1 aliphatic heterocycles. The summed E-state index contributed by atoms with van der Waals surface area (Å²) in [5.74, 6) is -2.16. The van der Waals surface area contributed by atoms with Gasteiger partial charge in [-0.2, -0.15) is 0 Å². The molecule has 0 saturated heterocycles. The third-order valence-corrected chi connectivity index (χ3v) is 8.11. The van der Waals surface area contributed by atoms with E-state index in [9.17, 15) is 19.2 Å². The van der Waals surface area contributed by atoms with Gasteiger partial charge in [0.1, 0.15) is 6.61 Å². The Morgan fingerprint density at radius 1 is 0.350 bits per heavy atom. The quantitative estimate of drug-likeness (QED) is 0.0310. The lowest BCUT2D eigenvalue weighted by Gasteiger charge is -2.13. The van der Waals surface area contributed by atoms with Crippen LogP contribution in [0.25, 0.3) is 0 Å². The Bertz CT molecular complexity index is 1400. The van der Waals surface area contributed by atoms with Crippen LogP contribution in [0, 0.1) is 0 Å². The molecular weight excluding hydrogens is 790 g/mol. The zero-order valence-electron chi connectivity index (χ0n) is 34.5. The van der Waals surface area contributed by atoms with E-state index in [2.05, 4.69) is 0 Å². The summed E-state index contributed by atoms with van der Waals surface area (Å²) < 4.78 is 70.5. The Morgan fingerprint density at radius 2 is 0.617 bits per heavy atom. The number of nitrogens with zero attached hydrogens (tertiary/aromatic N) is 1. The molecule has 3 rings (SSSR count). The molecule has 0 radical (unpaired) electrons. The number of ketones is 1. The van der Waals surface area contributed by atoms with E-state index in [1.54, 1.807) is 54.6 Å². The van der Waals surface area contributed by atoms with Crippen molar-refractivity contribution in [3.05, 3.63) is 71.3 Å². The van der Waals surface area contributed by atoms with Gasteiger partial charge >= 0.3 is 5.97 Å². The number of hydrogen-bond acceptors (Lipinski definition) is 17. The van der Waals surface area contributed by atoms with E-state index in [1.165, 1.54) is 4.90 Å². The van der Waals surface area contributed by atoms with E-state index >= 15 is 0 Å². The summed E-state index contributed by atoms with van der Waals surface area (Å²) in [6.07, 6.45) is 0. The molecule has 1 heterocycles. The number of imide groups is 1. The van der Waals surface area contributed by atoms with Crippen LogP contribution >= 0.6 is 0 Å². The first kappa shape index (κ1) is 50.6. The van der Waals surface area contributed by atoms with Crippen LogP contribution in [-0.2, 0) is 66.4 Å². The van der Waals surface area contributed by atoms with Crippen molar-refractivity contribution in [3.8, 4) is 0 Å². The molecule has 0 unspecified atom stereocenters. The number of esters is 1. The molecule has 2 aromatic carbocycles. The Balaban J connectivity index is 0.900. The van der Waals surface area contributed by atoms with Crippen molar-refractivity contribution in [3.63, 3.8) is 0 Å². The van der Waals surface area contributed by atoms with Crippen molar-refractivity contribution in [2.45, 2.75) is 0 Å². The smallest absolute Gasteiger partial charge is 0.379 e. The SMILES string of the molecule is O=C(OCCOCCOCCOCCOCCOCCOCCOCCOCCOCCOCCOCCOCCN1C(=O)c2ccccc2C1=O)C(=O)c1ccccc1. The lowest BCUT2D eigenvalue weighted by Crippen LogP contribution is -2.33. The number of fused-ring (bicyclic) bond motifs is 1. The fourth-order valence-corrected chi connectivity index (χ4v) is 5.09. The van der Waals surface area contributed by atoms with Crippen LogP contribution in [0.15, 0.2) is 54.6 Å². The Labute approximate surface area is 351 Å². The van der Waals surface area contributed by atoms with Crippen LogP contribution in [0.1, 0.15) is 31.1 Å². The maximum atomic E-state index is 12.3. The van der Waals surface area contributed by atoms with E-state index in [1.807, 2.05) is 0 Å². The fraction of sp³-hybridized carbons (Fsp3) is 0.619. The Morgan fingerprint density at radius 3 is 0.933 bits per heavy atom. The van der Waals surface area contributed by atoms with Crippen molar-refractivity contribution in [1.29, 1.82) is 0 Å². The van der Waals surface area contributed by atoms with Gasteiger partial charge < -0.3 is 61.6 Å². The predicted octanol–water partition coefficient (Wildman–Crippen LogP) is 1.91. The van der Waals surface area contributed by atoms with Crippen LogP contribution in [0.4, 0.5) is 0 Å². The first-order valence-electron chi connectivity index (χ1n) is 20.2. The van der Waals surface area contributed by atoms with E-state index in [0.29, 0.717) is 156 Å². The molecular formula is C42H61NO17. The maximum Gasteiger partial charge on any atom is 0.379 e. The second-order valence-corrected chi connectivity index (χ2v) is 12.5. The zero-order chi connectivity index (χ0) is 42.6. The van der Waals surface area contributed by atoms with Crippen molar-refractivity contribution in [1.82, 2.24) is 4.90 Å². The van der Waals surface area contributed by atoms with Gasteiger partial charge in [0.05, 0.1) is 176 Å². The van der Waals surface area contributed by atoms with Crippen LogP contribution in [0.5, 0.6) is 0 Å². The van der Waals surface area contributed by atoms with E-state index in [4.69, 9.17) is 61.6 Å². The molecule has 2 aromatic rings. The molecule has 0 spiro atoms. The van der Waals surface area contributed by atoms with Gasteiger partial charge in [-0.1, -0.05) is 42.5 Å². The molecule has 0 saturated carbocycles. The first-order chi connectivity index (χ1) is 29.6. The van der Waals surface area contributed by atoms with Gasteiger partial charge in [0.2, 0.25) is 0 Å². The van der Waals surface area contributed by atoms with E-state index in [-0.39, 0.29) is 43.7 Å². The minimum absolute atomic E-state index is 0.0115. The fourth-order valence-electron chi connectivity index (χ4n) is 5.09. The molecule has 2 amide bonds. The third-order valence-electron chi connectivity index (χ3n) is 8.11. The molecule has 60 heavy (non-hydrogen) atoms. The molecule has 0 fully saturated rings. The summed E-state index contributed by atoms with van der Waals surface area (Å²) in [5, 5.41) is 0. The van der Waals surface area contributed by atoms with Crippen molar-refractivity contribution in [2.75, 3.05) is 172 Å². The predicted molar refractivity (Wildman–Crippen MR) is 213 cm³/mol. The standard InChI is InChI=1S/C42H61NO17/c44-39(36-6-2-1-3-7-36)42(47)60-35-34-59-33-32-58-31-30-57-29-28-56-27-26-55-25-24-54-23-22-53-21-20-52-19-18-51-17-16-50-15-14-49-13-12-48-11-10-43-40(45)37-8-4-5-9-38(37)41(43)46/h1-9H,10-35H2. The summed E-state index contributed by atoms with van der Waals surface area (Å²) in [6, 6.07) is 15.0. The van der Waals surface area contributed by atoms with E-state index in [0.717, 1.165) is 0 Å². The second kappa shape index (κ2) is 34.9. The summed E-state index contributed by atoms with van der Waals surface area (Å²) in [7, 11) is 0. The number of Topliss-reactive ketones (excluding diaryl/α,β-unsaturated/α-hetero) is 1. The summed E-state index contributed by atoms with van der Waals surface area (Å²) in [5.41, 5.74) is 1.16. The van der Waals surface area contributed by atoms with Crippen LogP contribution < -0.4 is 0 Å². The van der Waals surface area contributed by atoms with Crippen molar-refractivity contribution in [2.24, 2.45) is 0 Å². The second-order valence-electron chi connectivity index (χ2n) is 12.5. The number of ether oxygens (including phenoxy) is 13. The third kappa shape index (κ3) is 23.3. The van der Waals surface area contributed by atoms with Gasteiger partial charge in [-0.3, -0.25) is 19.3 Å². The molecule has 0 N–H and O–H groups in total. The van der Waals surface area contributed by atoms with Gasteiger partial charge in [-0.25, -0.2) is 4.79 Å². The summed E-state index contributed by atoms with van der Waals surface area (Å²) in [6.45, 7) is 10.2. The van der Waals surface area contributed by atoms with Gasteiger partial charge in [0.25, 0.3) is 17.6 Å². The highest BCUT2D eigenvalue weighted by atomic mass is 16.6. The lowest BCUT2D eigenvalue weighted by molar-refractivity contribution is -0.139. The minimum Gasteiger partial charge on any atom is -0.457 e. The highest BCUT2D eigenvalue weighted by Crippen LogP contribution is 2.21. The average Bonchev–Trinajstić information content (AvgIpc) is 3.51. The highest BCUT2D eigenvalue weighted by molar-refractivity contribution is 6.40. The van der Waals surface area contributed by atoms with Crippen LogP contribution in [0.3, 0.4) is 0 Å². The van der Waals surface area contributed by atoms with E-state index < -0.39 is 11.8 Å². The van der Waals surface area contributed by atoms with Crippen LogP contribution in [0.2, 0.25) is 0 Å². The Hall–Kier alpha value is -3.76. The maximum absolute atomic E-state index is 12.3. The Kier molecular flexibility index (Phi) is 29.4. The van der Waals surface area contributed by atoms with Crippen molar-refractivity contribution >= 4 is 23.6 Å². The molecule has 18 nitrogen and oxygen atoms in total. The minimum atomic E-state index is -0.904. The number of amides is 2. The average molecular weight is 852 g/mol. The van der Waals surface area contributed by atoms with Gasteiger partial charge in [-0.15, -0.1) is 0 Å². The van der Waals surface area contributed by atoms with Crippen LogP contribution in [-0.4, -0.2) is 200 Å². The molecule has 0 aromatic heterocycles. The van der Waals surface area contributed by atoms with Gasteiger partial charge in [0, 0.05) is 5.56 Å². The monoisotopic (exact) mass is 851 g/mol. The molecule has 0 bridgehead atoms. The molecule has 0 atom stereocenters. The number of benzene rings is 2. The molecule has 0 aliphatic carbocycles. The number of carbonyl (C=O) groups is 4. The van der Waals surface area contributed by atoms with Gasteiger partial charge in [0.15, 0.2) is 0 Å². The lowest BCUT2D eigenvalue weighted by atomic mass is 10.1. The zero-order valence-corrected chi connectivity index (χ0v) is 34.5. The van der Waals surface area contributed by atoms with Gasteiger partial charge in [-0.05, 0) is 12.1 Å². The molecule has 1 aliphatic rings. The molecule has 336 valence electrons. The topological polar surface area (TPSA) is 192 Å². The number of rotatable bonds is 41. The normalized spacial score (nSPS) is 12.4. The number of hydrogen-bond donors (Lipinski definition) is 0. The molecule has 18 heteroatoms. The summed E-state index contributed by atoms with van der Waals surface area (Å²) in [4.78, 5) is 49.5. The highest BCUT2D eigenvalue weighted by Gasteiger charge is 2.34. The first-order valence-corrected chi connectivity index (χ1v) is 20.2.